The van der Waals surface area contributed by atoms with E-state index in [0.717, 1.165) is 17.5 Å². The molecule has 0 fully saturated rings. The maximum Gasteiger partial charge on any atom is 0.265 e. The van der Waals surface area contributed by atoms with Crippen LogP contribution in [0.25, 0.3) is 0 Å². The second kappa shape index (κ2) is 7.57. The summed E-state index contributed by atoms with van der Waals surface area (Å²) in [6.07, 6.45) is 0.438. The van der Waals surface area contributed by atoms with Crippen molar-refractivity contribution in [2.24, 2.45) is 0 Å². The van der Waals surface area contributed by atoms with Crippen LogP contribution in [0.15, 0.2) is 48.5 Å². The van der Waals surface area contributed by atoms with Gasteiger partial charge in [-0.1, -0.05) is 18.2 Å². The van der Waals surface area contributed by atoms with Gasteiger partial charge in [0.15, 0.2) is 6.10 Å². The lowest BCUT2D eigenvalue weighted by Gasteiger charge is -2.18. The summed E-state index contributed by atoms with van der Waals surface area (Å²) in [5.41, 5.74) is 2.23. The minimum absolute atomic E-state index is 0.258. The molecule has 2 aromatic carbocycles. The van der Waals surface area contributed by atoms with Gasteiger partial charge in [-0.2, -0.15) is 0 Å². The first kappa shape index (κ1) is 18.8. The van der Waals surface area contributed by atoms with Crippen LogP contribution in [0.4, 0.5) is 11.4 Å². The average molecular weight is 362 g/mol. The summed E-state index contributed by atoms with van der Waals surface area (Å²) in [6, 6.07) is 14.0. The molecule has 0 aliphatic rings. The number of carbonyl (C=O) groups excluding carboxylic acids is 1. The van der Waals surface area contributed by atoms with E-state index < -0.39 is 16.1 Å². The van der Waals surface area contributed by atoms with E-state index in [9.17, 15) is 13.2 Å². The number of aryl methyl sites for hydroxylation is 1. The van der Waals surface area contributed by atoms with Crippen molar-refractivity contribution in [3.63, 3.8) is 0 Å². The molecule has 0 unspecified atom stereocenters. The van der Waals surface area contributed by atoms with Crippen LogP contribution in [-0.4, -0.2) is 33.7 Å². The normalized spacial score (nSPS) is 12.3. The number of amides is 1. The molecule has 0 radical (unpaired) electrons. The van der Waals surface area contributed by atoms with Gasteiger partial charge in [-0.3, -0.25) is 9.10 Å². The van der Waals surface area contributed by atoms with Crippen LogP contribution in [0.3, 0.4) is 0 Å². The maximum absolute atomic E-state index is 12.3. The number of carbonyl (C=O) groups is 1. The summed E-state index contributed by atoms with van der Waals surface area (Å²) >= 11 is 0. The highest BCUT2D eigenvalue weighted by Gasteiger charge is 2.16. The van der Waals surface area contributed by atoms with Gasteiger partial charge in [0.05, 0.1) is 11.9 Å². The van der Waals surface area contributed by atoms with E-state index in [4.69, 9.17) is 4.74 Å². The highest BCUT2D eigenvalue weighted by atomic mass is 32.2. The molecule has 0 spiro atoms. The summed E-state index contributed by atoms with van der Waals surface area (Å²) in [7, 11) is -1.84. The Bertz CT molecular complexity index is 848. The molecular formula is C18H22N2O4S. The average Bonchev–Trinajstić information content (AvgIpc) is 2.56. The zero-order valence-corrected chi connectivity index (χ0v) is 15.5. The standard InChI is InChI=1S/C18H22N2O4S/c1-13-7-5-6-8-17(13)19-18(21)14(2)24-16-11-9-15(10-12-16)20(3)25(4,22)23/h5-12,14H,1-4H3,(H,19,21)/t14-/m1/s1. The van der Waals surface area contributed by atoms with Crippen LogP contribution in [0, 0.1) is 6.92 Å². The third kappa shape index (κ3) is 4.96. The number of nitrogens with zero attached hydrogens (tertiary/aromatic N) is 1. The van der Waals surface area contributed by atoms with Crippen molar-refractivity contribution in [1.82, 2.24) is 0 Å². The smallest absolute Gasteiger partial charge is 0.265 e. The summed E-state index contributed by atoms with van der Waals surface area (Å²) in [5, 5.41) is 2.83. The summed E-state index contributed by atoms with van der Waals surface area (Å²) in [6.45, 7) is 3.57. The number of ether oxygens (including phenoxy) is 1. The lowest BCUT2D eigenvalue weighted by Crippen LogP contribution is -2.30. The van der Waals surface area contributed by atoms with E-state index in [1.165, 1.54) is 11.4 Å². The van der Waals surface area contributed by atoms with E-state index in [1.54, 1.807) is 31.2 Å². The van der Waals surface area contributed by atoms with Gasteiger partial charge in [0.25, 0.3) is 5.91 Å². The highest BCUT2D eigenvalue weighted by Crippen LogP contribution is 2.21. The zero-order valence-electron chi connectivity index (χ0n) is 14.7. The molecular weight excluding hydrogens is 340 g/mol. The van der Waals surface area contributed by atoms with Gasteiger partial charge in [0, 0.05) is 12.7 Å². The molecule has 6 nitrogen and oxygen atoms in total. The second-order valence-corrected chi connectivity index (χ2v) is 7.80. The van der Waals surface area contributed by atoms with Crippen molar-refractivity contribution >= 4 is 27.3 Å². The van der Waals surface area contributed by atoms with E-state index in [0.29, 0.717) is 11.4 Å². The lowest BCUT2D eigenvalue weighted by atomic mass is 10.2. The fraction of sp³-hybridized carbons (Fsp3) is 0.278. The van der Waals surface area contributed by atoms with Crippen molar-refractivity contribution in [1.29, 1.82) is 0 Å². The van der Waals surface area contributed by atoms with E-state index in [-0.39, 0.29) is 5.91 Å². The van der Waals surface area contributed by atoms with Crippen molar-refractivity contribution < 1.29 is 17.9 Å². The maximum atomic E-state index is 12.3. The Morgan fingerprint density at radius 2 is 1.72 bits per heavy atom. The van der Waals surface area contributed by atoms with Gasteiger partial charge in [0.1, 0.15) is 5.75 Å². The first-order chi connectivity index (χ1) is 11.7. The molecule has 1 N–H and O–H groups in total. The quantitative estimate of drug-likeness (QED) is 0.857. The summed E-state index contributed by atoms with van der Waals surface area (Å²) in [4.78, 5) is 12.3. The molecule has 25 heavy (non-hydrogen) atoms. The van der Waals surface area contributed by atoms with Gasteiger partial charge in [-0.15, -0.1) is 0 Å². The van der Waals surface area contributed by atoms with Crippen molar-refractivity contribution in [2.75, 3.05) is 22.9 Å². The topological polar surface area (TPSA) is 75.7 Å². The molecule has 0 aliphatic heterocycles. The molecule has 0 saturated heterocycles. The Balaban J connectivity index is 2.02. The predicted octanol–water partition coefficient (Wildman–Crippen LogP) is 2.80. The van der Waals surface area contributed by atoms with Crippen molar-refractivity contribution in [3.8, 4) is 5.75 Å². The Morgan fingerprint density at radius 1 is 1.12 bits per heavy atom. The first-order valence-electron chi connectivity index (χ1n) is 7.75. The van der Waals surface area contributed by atoms with Gasteiger partial charge >= 0.3 is 0 Å². The van der Waals surface area contributed by atoms with E-state index in [1.807, 2.05) is 31.2 Å². The Labute approximate surface area is 148 Å². The van der Waals surface area contributed by atoms with Crippen LogP contribution in [0.2, 0.25) is 0 Å². The number of hydrogen-bond acceptors (Lipinski definition) is 4. The number of benzene rings is 2. The fourth-order valence-corrected chi connectivity index (χ4v) is 2.64. The van der Waals surface area contributed by atoms with Crippen molar-refractivity contribution in [2.45, 2.75) is 20.0 Å². The van der Waals surface area contributed by atoms with Crippen LogP contribution < -0.4 is 14.4 Å². The summed E-state index contributed by atoms with van der Waals surface area (Å²) < 4.78 is 29.9. The largest absolute Gasteiger partial charge is 0.481 e. The molecule has 2 aromatic rings. The molecule has 7 heteroatoms. The Kier molecular flexibility index (Phi) is 5.69. The second-order valence-electron chi connectivity index (χ2n) is 5.79. The van der Waals surface area contributed by atoms with Crippen LogP contribution >= 0.6 is 0 Å². The number of anilines is 2. The number of rotatable bonds is 6. The summed E-state index contributed by atoms with van der Waals surface area (Å²) in [5.74, 6) is 0.227. The Morgan fingerprint density at radius 3 is 2.28 bits per heavy atom. The van der Waals surface area contributed by atoms with Gasteiger partial charge in [-0.05, 0) is 49.7 Å². The molecule has 1 atom stereocenters. The molecule has 0 bridgehead atoms. The molecule has 2 rings (SSSR count). The lowest BCUT2D eigenvalue weighted by molar-refractivity contribution is -0.122. The number of nitrogens with one attached hydrogen (secondary N) is 1. The van der Waals surface area contributed by atoms with Gasteiger partial charge in [0.2, 0.25) is 10.0 Å². The van der Waals surface area contributed by atoms with Gasteiger partial charge in [-0.25, -0.2) is 8.42 Å². The number of sulfonamides is 1. The van der Waals surface area contributed by atoms with E-state index >= 15 is 0 Å². The van der Waals surface area contributed by atoms with Gasteiger partial charge < -0.3 is 10.1 Å². The van der Waals surface area contributed by atoms with Crippen LogP contribution in [0.5, 0.6) is 5.75 Å². The first-order valence-corrected chi connectivity index (χ1v) is 9.60. The minimum Gasteiger partial charge on any atom is -0.481 e. The predicted molar refractivity (Wildman–Crippen MR) is 99.6 cm³/mol. The third-order valence-corrected chi connectivity index (χ3v) is 4.99. The molecule has 0 saturated carbocycles. The van der Waals surface area contributed by atoms with E-state index in [2.05, 4.69) is 5.32 Å². The Hall–Kier alpha value is -2.54. The molecule has 0 aliphatic carbocycles. The fourth-order valence-electron chi connectivity index (χ4n) is 2.13. The molecule has 0 heterocycles. The number of para-hydroxylation sites is 1. The molecule has 1 amide bonds. The van der Waals surface area contributed by atoms with Crippen LogP contribution in [-0.2, 0) is 14.8 Å². The molecule has 134 valence electrons. The SMILES string of the molecule is Cc1ccccc1NC(=O)[C@@H](C)Oc1ccc(N(C)S(C)(=O)=O)cc1. The third-order valence-electron chi connectivity index (χ3n) is 3.78. The monoisotopic (exact) mass is 362 g/mol. The minimum atomic E-state index is -3.32. The highest BCUT2D eigenvalue weighted by molar-refractivity contribution is 7.92. The van der Waals surface area contributed by atoms with Crippen LogP contribution in [0.1, 0.15) is 12.5 Å². The zero-order chi connectivity index (χ0) is 18.6. The molecule has 0 aromatic heterocycles. The number of hydrogen-bond donors (Lipinski definition) is 1. The van der Waals surface area contributed by atoms with Crippen molar-refractivity contribution in [3.05, 3.63) is 54.1 Å².